The minimum atomic E-state index is -0.592. The zero-order valence-corrected chi connectivity index (χ0v) is 12.4. The summed E-state index contributed by atoms with van der Waals surface area (Å²) in [5, 5.41) is 9.86. The molecule has 1 aromatic rings. The third kappa shape index (κ3) is 4.22. The van der Waals surface area contributed by atoms with Crippen molar-refractivity contribution >= 4 is 5.69 Å². The van der Waals surface area contributed by atoms with Crippen LogP contribution in [0.1, 0.15) is 26.3 Å². The third-order valence-corrected chi connectivity index (χ3v) is 3.69. The Kier molecular flexibility index (Phi) is 4.48. The number of β-amino-alcohol motifs (C(OH)–C–C–N with tert-alkyl or cyclic N) is 1. The van der Waals surface area contributed by atoms with E-state index >= 15 is 0 Å². The smallest absolute Gasteiger partial charge is 0.0718 e. The molecule has 0 aromatic heterocycles. The lowest BCUT2D eigenvalue weighted by atomic mass is 10.1. The summed E-state index contributed by atoms with van der Waals surface area (Å²) in [5.41, 5.74) is 2.12. The molecular formula is C16H26N2O. The average Bonchev–Trinajstić information content (AvgIpc) is 2.38. The Balaban J connectivity index is 1.88. The SMILES string of the molecule is CCc1ccc(N2CCN(CC(C)(C)O)CC2)cc1. The number of nitrogens with zero attached hydrogens (tertiary/aromatic N) is 2. The summed E-state index contributed by atoms with van der Waals surface area (Å²) < 4.78 is 0. The monoisotopic (exact) mass is 262 g/mol. The molecule has 19 heavy (non-hydrogen) atoms. The summed E-state index contributed by atoms with van der Waals surface area (Å²) in [6.07, 6.45) is 1.10. The van der Waals surface area contributed by atoms with E-state index < -0.39 is 5.60 Å². The number of benzene rings is 1. The summed E-state index contributed by atoms with van der Waals surface area (Å²) in [5.74, 6) is 0. The van der Waals surface area contributed by atoms with Gasteiger partial charge < -0.3 is 10.0 Å². The summed E-state index contributed by atoms with van der Waals surface area (Å²) in [4.78, 5) is 4.78. The normalized spacial score (nSPS) is 17.8. The van der Waals surface area contributed by atoms with Crippen LogP contribution in [0, 0.1) is 0 Å². The molecule has 1 heterocycles. The molecule has 1 saturated heterocycles. The first-order valence-electron chi connectivity index (χ1n) is 7.26. The molecule has 0 saturated carbocycles. The molecule has 3 nitrogen and oxygen atoms in total. The van der Waals surface area contributed by atoms with Crippen LogP contribution in [0.15, 0.2) is 24.3 Å². The zero-order valence-electron chi connectivity index (χ0n) is 12.4. The average molecular weight is 262 g/mol. The maximum Gasteiger partial charge on any atom is 0.0718 e. The van der Waals surface area contributed by atoms with E-state index in [1.54, 1.807) is 0 Å². The Morgan fingerprint density at radius 3 is 2.11 bits per heavy atom. The van der Waals surface area contributed by atoms with Crippen molar-refractivity contribution in [2.24, 2.45) is 0 Å². The minimum absolute atomic E-state index is 0.592. The van der Waals surface area contributed by atoms with Gasteiger partial charge in [-0.15, -0.1) is 0 Å². The molecule has 3 heteroatoms. The molecule has 0 radical (unpaired) electrons. The molecule has 0 spiro atoms. The maximum absolute atomic E-state index is 9.86. The van der Waals surface area contributed by atoms with Gasteiger partial charge >= 0.3 is 0 Å². The highest BCUT2D eigenvalue weighted by Gasteiger charge is 2.22. The Bertz CT molecular complexity index is 386. The Morgan fingerprint density at radius 1 is 1.05 bits per heavy atom. The second-order valence-electron chi connectivity index (χ2n) is 6.10. The number of rotatable bonds is 4. The number of anilines is 1. The van der Waals surface area contributed by atoms with Gasteiger partial charge in [0, 0.05) is 38.4 Å². The van der Waals surface area contributed by atoms with Gasteiger partial charge in [0.15, 0.2) is 0 Å². The topological polar surface area (TPSA) is 26.7 Å². The molecule has 1 aliphatic rings. The number of piperazine rings is 1. The van der Waals surface area contributed by atoms with Crippen molar-refractivity contribution < 1.29 is 5.11 Å². The van der Waals surface area contributed by atoms with E-state index in [-0.39, 0.29) is 0 Å². The molecule has 2 rings (SSSR count). The van der Waals surface area contributed by atoms with Crippen LogP contribution in [-0.2, 0) is 6.42 Å². The van der Waals surface area contributed by atoms with Crippen LogP contribution in [-0.4, -0.2) is 48.3 Å². The largest absolute Gasteiger partial charge is 0.389 e. The fraction of sp³-hybridized carbons (Fsp3) is 0.625. The Morgan fingerprint density at radius 2 is 1.63 bits per heavy atom. The van der Waals surface area contributed by atoms with Crippen LogP contribution in [0.25, 0.3) is 0 Å². The van der Waals surface area contributed by atoms with Crippen molar-refractivity contribution in [3.05, 3.63) is 29.8 Å². The first-order valence-corrected chi connectivity index (χ1v) is 7.26. The predicted molar refractivity (Wildman–Crippen MR) is 80.8 cm³/mol. The molecule has 1 aliphatic heterocycles. The van der Waals surface area contributed by atoms with Crippen molar-refractivity contribution in [3.8, 4) is 0 Å². The number of aliphatic hydroxyl groups is 1. The van der Waals surface area contributed by atoms with Crippen molar-refractivity contribution in [2.45, 2.75) is 32.8 Å². The molecular weight excluding hydrogens is 236 g/mol. The Labute approximate surface area is 116 Å². The van der Waals surface area contributed by atoms with Gasteiger partial charge in [0.05, 0.1) is 5.60 Å². The summed E-state index contributed by atoms with van der Waals surface area (Å²) in [6, 6.07) is 8.89. The zero-order chi connectivity index (χ0) is 13.9. The third-order valence-electron chi connectivity index (χ3n) is 3.69. The van der Waals surface area contributed by atoms with Gasteiger partial charge in [-0.1, -0.05) is 19.1 Å². The molecule has 0 unspecified atom stereocenters. The van der Waals surface area contributed by atoms with Crippen LogP contribution in [0.5, 0.6) is 0 Å². The molecule has 1 N–H and O–H groups in total. The van der Waals surface area contributed by atoms with Crippen LogP contribution in [0.4, 0.5) is 5.69 Å². The second kappa shape index (κ2) is 5.93. The van der Waals surface area contributed by atoms with E-state index in [0.717, 1.165) is 39.1 Å². The van der Waals surface area contributed by atoms with Gasteiger partial charge in [-0.05, 0) is 38.0 Å². The van der Waals surface area contributed by atoms with E-state index in [4.69, 9.17) is 0 Å². The highest BCUT2D eigenvalue weighted by molar-refractivity contribution is 5.48. The predicted octanol–water partition coefficient (Wildman–Crippen LogP) is 2.14. The Hall–Kier alpha value is -1.06. The van der Waals surface area contributed by atoms with E-state index in [2.05, 4.69) is 41.0 Å². The molecule has 0 amide bonds. The molecule has 106 valence electrons. The van der Waals surface area contributed by atoms with Gasteiger partial charge in [-0.25, -0.2) is 0 Å². The summed E-state index contributed by atoms with van der Waals surface area (Å²) in [7, 11) is 0. The van der Waals surface area contributed by atoms with Crippen LogP contribution < -0.4 is 4.90 Å². The van der Waals surface area contributed by atoms with Gasteiger partial charge in [0.1, 0.15) is 0 Å². The van der Waals surface area contributed by atoms with Gasteiger partial charge in [-0.3, -0.25) is 4.90 Å². The van der Waals surface area contributed by atoms with Gasteiger partial charge in [-0.2, -0.15) is 0 Å². The summed E-state index contributed by atoms with van der Waals surface area (Å²) in [6.45, 7) is 10.8. The first-order chi connectivity index (χ1) is 8.98. The number of hydrogen-bond acceptors (Lipinski definition) is 3. The lowest BCUT2D eigenvalue weighted by Gasteiger charge is -2.38. The lowest BCUT2D eigenvalue weighted by Crippen LogP contribution is -2.50. The first kappa shape index (κ1) is 14.4. The molecule has 0 bridgehead atoms. The van der Waals surface area contributed by atoms with E-state index in [9.17, 15) is 5.11 Å². The highest BCUT2D eigenvalue weighted by atomic mass is 16.3. The maximum atomic E-state index is 9.86. The molecule has 0 atom stereocenters. The van der Waals surface area contributed by atoms with Crippen LogP contribution in [0.2, 0.25) is 0 Å². The van der Waals surface area contributed by atoms with Crippen molar-refractivity contribution in [3.63, 3.8) is 0 Å². The van der Waals surface area contributed by atoms with Crippen molar-refractivity contribution in [1.29, 1.82) is 0 Å². The minimum Gasteiger partial charge on any atom is -0.389 e. The highest BCUT2D eigenvalue weighted by Crippen LogP contribution is 2.18. The van der Waals surface area contributed by atoms with Gasteiger partial charge in [0.2, 0.25) is 0 Å². The molecule has 1 fully saturated rings. The quantitative estimate of drug-likeness (QED) is 0.900. The number of hydrogen-bond donors (Lipinski definition) is 1. The summed E-state index contributed by atoms with van der Waals surface area (Å²) >= 11 is 0. The fourth-order valence-corrected chi connectivity index (χ4v) is 2.65. The molecule has 0 aliphatic carbocycles. The van der Waals surface area contributed by atoms with Crippen molar-refractivity contribution in [1.82, 2.24) is 4.90 Å². The fourth-order valence-electron chi connectivity index (χ4n) is 2.65. The van der Waals surface area contributed by atoms with E-state index in [0.29, 0.717) is 0 Å². The van der Waals surface area contributed by atoms with Crippen molar-refractivity contribution in [2.75, 3.05) is 37.6 Å². The second-order valence-corrected chi connectivity index (χ2v) is 6.10. The van der Waals surface area contributed by atoms with Gasteiger partial charge in [0.25, 0.3) is 0 Å². The van der Waals surface area contributed by atoms with Crippen LogP contribution >= 0.6 is 0 Å². The van der Waals surface area contributed by atoms with E-state index in [1.165, 1.54) is 11.3 Å². The van der Waals surface area contributed by atoms with E-state index in [1.807, 2.05) is 13.8 Å². The number of aryl methyl sites for hydroxylation is 1. The van der Waals surface area contributed by atoms with Crippen LogP contribution in [0.3, 0.4) is 0 Å². The standard InChI is InChI=1S/C16H26N2O/c1-4-14-5-7-15(8-6-14)18-11-9-17(10-12-18)13-16(2,3)19/h5-8,19H,4,9-13H2,1-3H3. The lowest BCUT2D eigenvalue weighted by molar-refractivity contribution is 0.0345. The molecule has 1 aromatic carbocycles.